The van der Waals surface area contributed by atoms with E-state index in [2.05, 4.69) is 39.4 Å². The topological polar surface area (TPSA) is 114 Å². The van der Waals surface area contributed by atoms with E-state index in [4.69, 9.17) is 17.3 Å². The summed E-state index contributed by atoms with van der Waals surface area (Å²) in [4.78, 5) is 13.6. The number of hydrogen-bond donors (Lipinski definition) is 4. The zero-order valence-corrected chi connectivity index (χ0v) is 16.3. The molecule has 0 amide bonds. The Kier molecular flexibility index (Phi) is 5.67. The molecule has 0 aliphatic rings. The summed E-state index contributed by atoms with van der Waals surface area (Å²) in [5.41, 5.74) is 7.88. The van der Waals surface area contributed by atoms with Crippen LogP contribution >= 0.6 is 11.6 Å². The monoisotopic (exact) mass is 389 g/mol. The minimum atomic E-state index is -0.0286. The van der Waals surface area contributed by atoms with E-state index in [1.54, 1.807) is 24.5 Å². The van der Waals surface area contributed by atoms with Crippen molar-refractivity contribution < 1.29 is 5.11 Å². The molecule has 8 nitrogen and oxygen atoms in total. The second-order valence-electron chi connectivity index (χ2n) is 6.80. The molecule has 3 aromatic rings. The number of imidazole rings is 1. The average Bonchev–Trinajstić information content (AvgIpc) is 3.04. The molecule has 5 N–H and O–H groups in total. The summed E-state index contributed by atoms with van der Waals surface area (Å²) >= 11 is 6.03. The second kappa shape index (κ2) is 7.98. The smallest absolute Gasteiger partial charge is 0.226 e. The van der Waals surface area contributed by atoms with Gasteiger partial charge in [-0.25, -0.2) is 4.98 Å². The fraction of sp³-hybridized carbons (Fsp3) is 0.389. The van der Waals surface area contributed by atoms with Crippen LogP contribution in [0.5, 0.6) is 5.75 Å². The Morgan fingerprint density at radius 1 is 1.22 bits per heavy atom. The number of fused-ring (bicyclic) bond motifs is 1. The lowest BCUT2D eigenvalue weighted by molar-refractivity contribution is 0.469. The van der Waals surface area contributed by atoms with Crippen LogP contribution in [0.15, 0.2) is 24.5 Å². The van der Waals surface area contributed by atoms with Gasteiger partial charge < -0.3 is 26.0 Å². The molecule has 2 aromatic heterocycles. The van der Waals surface area contributed by atoms with Crippen LogP contribution in [0.4, 0.5) is 11.8 Å². The van der Waals surface area contributed by atoms with E-state index in [9.17, 15) is 5.11 Å². The van der Waals surface area contributed by atoms with Gasteiger partial charge in [0.05, 0.1) is 6.33 Å². The lowest BCUT2D eigenvalue weighted by atomic mass is 10.2. The maximum Gasteiger partial charge on any atom is 0.226 e. The van der Waals surface area contributed by atoms with Crippen LogP contribution in [0.1, 0.15) is 32.4 Å². The molecule has 0 saturated carbocycles. The van der Waals surface area contributed by atoms with Gasteiger partial charge >= 0.3 is 0 Å². The van der Waals surface area contributed by atoms with Crippen molar-refractivity contribution in [3.8, 4) is 5.75 Å². The SMILES string of the molecule is CC(N)CNc1nc(NCc2cc(Cl)ccc2O)c2ncn(C(C)C)c2n1. The van der Waals surface area contributed by atoms with Crippen LogP contribution in [0.2, 0.25) is 5.02 Å². The first kappa shape index (κ1) is 19.2. The van der Waals surface area contributed by atoms with E-state index in [1.165, 1.54) is 0 Å². The first-order valence-corrected chi connectivity index (χ1v) is 9.18. The van der Waals surface area contributed by atoms with Crippen LogP contribution in [-0.4, -0.2) is 37.2 Å². The van der Waals surface area contributed by atoms with Gasteiger partial charge in [0.1, 0.15) is 5.75 Å². The van der Waals surface area contributed by atoms with Gasteiger partial charge in [-0.15, -0.1) is 0 Å². The molecule has 0 bridgehead atoms. The van der Waals surface area contributed by atoms with Crippen LogP contribution < -0.4 is 16.4 Å². The molecule has 3 rings (SSSR count). The van der Waals surface area contributed by atoms with Crippen molar-refractivity contribution in [2.75, 3.05) is 17.2 Å². The molecule has 9 heteroatoms. The largest absolute Gasteiger partial charge is 0.508 e. The highest BCUT2D eigenvalue weighted by Gasteiger charge is 2.15. The number of nitrogens with zero attached hydrogens (tertiary/aromatic N) is 4. The fourth-order valence-corrected chi connectivity index (χ4v) is 2.82. The van der Waals surface area contributed by atoms with Gasteiger partial charge in [0.15, 0.2) is 17.0 Å². The molecule has 1 aromatic carbocycles. The predicted octanol–water partition coefficient (Wildman–Crippen LogP) is 3.14. The van der Waals surface area contributed by atoms with E-state index in [0.717, 1.165) is 5.65 Å². The molecule has 0 saturated heterocycles. The number of aromatic nitrogens is 4. The van der Waals surface area contributed by atoms with Gasteiger partial charge in [-0.3, -0.25) is 0 Å². The van der Waals surface area contributed by atoms with Crippen molar-refractivity contribution >= 4 is 34.5 Å². The van der Waals surface area contributed by atoms with Gasteiger partial charge in [-0.1, -0.05) is 11.6 Å². The highest BCUT2D eigenvalue weighted by molar-refractivity contribution is 6.30. The quantitative estimate of drug-likeness (QED) is 0.490. The van der Waals surface area contributed by atoms with Crippen LogP contribution in [0.3, 0.4) is 0 Å². The number of rotatable bonds is 7. The summed E-state index contributed by atoms with van der Waals surface area (Å²) in [5.74, 6) is 1.21. The Morgan fingerprint density at radius 3 is 2.70 bits per heavy atom. The summed E-state index contributed by atoms with van der Waals surface area (Å²) in [7, 11) is 0. The van der Waals surface area contributed by atoms with E-state index in [0.29, 0.717) is 41.0 Å². The number of halogens is 1. The molecule has 1 unspecified atom stereocenters. The maximum atomic E-state index is 10.0. The normalized spacial score (nSPS) is 12.5. The van der Waals surface area contributed by atoms with Crippen molar-refractivity contribution in [2.24, 2.45) is 5.73 Å². The molecule has 0 aliphatic carbocycles. The molecular formula is C18H24ClN7O. The van der Waals surface area contributed by atoms with Crippen LogP contribution in [0, 0.1) is 0 Å². The minimum Gasteiger partial charge on any atom is -0.508 e. The maximum absolute atomic E-state index is 10.0. The van der Waals surface area contributed by atoms with E-state index in [1.807, 2.05) is 11.5 Å². The standard InChI is InChI=1S/C18H24ClN7O/c1-10(2)26-9-23-15-16(21-8-12-6-13(19)4-5-14(12)27)24-18(25-17(15)26)22-7-11(3)20/h4-6,9-11,27H,7-8,20H2,1-3H3,(H2,21,22,24,25). The number of phenolic OH excluding ortho intramolecular Hbond substituents is 1. The molecule has 2 heterocycles. The lowest BCUT2D eigenvalue weighted by Gasteiger charge is -2.13. The summed E-state index contributed by atoms with van der Waals surface area (Å²) < 4.78 is 1.98. The average molecular weight is 390 g/mol. The van der Waals surface area contributed by atoms with Crippen molar-refractivity contribution in [3.63, 3.8) is 0 Å². The van der Waals surface area contributed by atoms with Gasteiger partial charge in [0, 0.05) is 35.8 Å². The number of anilines is 2. The van der Waals surface area contributed by atoms with E-state index >= 15 is 0 Å². The molecule has 0 spiro atoms. The number of nitrogens with one attached hydrogen (secondary N) is 2. The molecule has 0 radical (unpaired) electrons. The molecular weight excluding hydrogens is 366 g/mol. The Labute approximate surface area is 162 Å². The Hall–Kier alpha value is -2.58. The highest BCUT2D eigenvalue weighted by Crippen LogP contribution is 2.26. The van der Waals surface area contributed by atoms with Crippen LogP contribution in [0.25, 0.3) is 11.2 Å². The van der Waals surface area contributed by atoms with Crippen molar-refractivity contribution in [1.82, 2.24) is 19.5 Å². The van der Waals surface area contributed by atoms with Crippen LogP contribution in [-0.2, 0) is 6.54 Å². The highest BCUT2D eigenvalue weighted by atomic mass is 35.5. The lowest BCUT2D eigenvalue weighted by Crippen LogP contribution is -2.26. The van der Waals surface area contributed by atoms with Gasteiger partial charge in [0.25, 0.3) is 0 Å². The third kappa shape index (κ3) is 4.40. The Morgan fingerprint density at radius 2 is 2.00 bits per heavy atom. The molecule has 0 aliphatic heterocycles. The first-order valence-electron chi connectivity index (χ1n) is 8.80. The summed E-state index contributed by atoms with van der Waals surface area (Å²) in [5, 5.41) is 17.0. The van der Waals surface area contributed by atoms with Crippen molar-refractivity contribution in [3.05, 3.63) is 35.1 Å². The van der Waals surface area contributed by atoms with E-state index < -0.39 is 0 Å². The third-order valence-electron chi connectivity index (χ3n) is 4.05. The number of aromatic hydroxyl groups is 1. The first-order chi connectivity index (χ1) is 12.8. The molecule has 0 fully saturated rings. The molecule has 27 heavy (non-hydrogen) atoms. The summed E-state index contributed by atoms with van der Waals surface area (Å²) in [6, 6.07) is 5.10. The summed E-state index contributed by atoms with van der Waals surface area (Å²) in [6.45, 7) is 6.94. The Bertz CT molecular complexity index is 939. The minimum absolute atomic E-state index is 0.0286. The zero-order valence-electron chi connectivity index (χ0n) is 15.6. The fourth-order valence-electron chi connectivity index (χ4n) is 2.62. The summed E-state index contributed by atoms with van der Waals surface area (Å²) in [6.07, 6.45) is 1.75. The number of hydrogen-bond acceptors (Lipinski definition) is 7. The number of benzene rings is 1. The van der Waals surface area contributed by atoms with Crippen molar-refractivity contribution in [1.29, 1.82) is 0 Å². The van der Waals surface area contributed by atoms with Gasteiger partial charge in [-0.05, 0) is 39.0 Å². The van der Waals surface area contributed by atoms with Gasteiger partial charge in [0.2, 0.25) is 5.95 Å². The predicted molar refractivity (Wildman–Crippen MR) is 108 cm³/mol. The Balaban J connectivity index is 1.95. The number of nitrogens with two attached hydrogens (primary N) is 1. The molecule has 1 atom stereocenters. The number of phenols is 1. The van der Waals surface area contributed by atoms with E-state index in [-0.39, 0.29) is 17.8 Å². The second-order valence-corrected chi connectivity index (χ2v) is 7.23. The molecule has 144 valence electrons. The van der Waals surface area contributed by atoms with Crippen molar-refractivity contribution in [2.45, 2.75) is 39.4 Å². The third-order valence-corrected chi connectivity index (χ3v) is 4.28. The zero-order chi connectivity index (χ0) is 19.6. The van der Waals surface area contributed by atoms with Gasteiger partial charge in [-0.2, -0.15) is 9.97 Å².